The molecule has 3 rings (SSSR count). The lowest BCUT2D eigenvalue weighted by Gasteiger charge is -2.07. The highest BCUT2D eigenvalue weighted by Crippen LogP contribution is 2.03. The predicted molar refractivity (Wildman–Crippen MR) is 109 cm³/mol. The fourth-order valence-corrected chi connectivity index (χ4v) is 2.81. The molecule has 5 nitrogen and oxygen atoms in total. The minimum absolute atomic E-state index is 0.226. The van der Waals surface area contributed by atoms with E-state index < -0.39 is 0 Å². The summed E-state index contributed by atoms with van der Waals surface area (Å²) in [6.45, 7) is 0.970. The van der Waals surface area contributed by atoms with E-state index in [0.29, 0.717) is 30.6 Å². The first-order chi connectivity index (χ1) is 14.1. The van der Waals surface area contributed by atoms with E-state index in [9.17, 15) is 14.0 Å². The number of hydrogen-bond acceptors (Lipinski definition) is 2. The molecular weight excluding hydrogens is 369 g/mol. The number of hydrogen-bond donors (Lipinski definition) is 1. The summed E-state index contributed by atoms with van der Waals surface area (Å²) in [6, 6.07) is 20.8. The lowest BCUT2D eigenvalue weighted by atomic mass is 10.2. The van der Waals surface area contributed by atoms with Crippen LogP contribution in [-0.4, -0.2) is 22.9 Å². The van der Waals surface area contributed by atoms with Crippen molar-refractivity contribution >= 4 is 11.8 Å². The van der Waals surface area contributed by atoms with Gasteiger partial charge in [0.2, 0.25) is 5.91 Å². The van der Waals surface area contributed by atoms with Crippen LogP contribution in [0.4, 0.5) is 4.39 Å². The van der Waals surface area contributed by atoms with Crippen LogP contribution in [0.1, 0.15) is 28.8 Å². The van der Waals surface area contributed by atoms with Gasteiger partial charge in [-0.25, -0.2) is 4.39 Å². The van der Waals surface area contributed by atoms with Gasteiger partial charge in [-0.05, 0) is 48.4 Å². The van der Waals surface area contributed by atoms with E-state index in [0.717, 1.165) is 5.56 Å². The Morgan fingerprint density at radius 3 is 2.41 bits per heavy atom. The van der Waals surface area contributed by atoms with Gasteiger partial charge in [0.1, 0.15) is 11.3 Å². The third kappa shape index (κ3) is 6.24. The smallest absolute Gasteiger partial charge is 0.251 e. The van der Waals surface area contributed by atoms with Crippen LogP contribution in [0, 0.1) is 5.82 Å². The lowest BCUT2D eigenvalue weighted by molar-refractivity contribution is -0.118. The number of amides is 2. The molecule has 2 amide bonds. The number of pyridine rings is 1. The first kappa shape index (κ1) is 20.2. The molecule has 0 radical (unpaired) electrons. The molecule has 0 aliphatic rings. The van der Waals surface area contributed by atoms with E-state index in [-0.39, 0.29) is 24.1 Å². The second-order valence-corrected chi connectivity index (χ2v) is 6.54. The van der Waals surface area contributed by atoms with Gasteiger partial charge in [0, 0.05) is 31.3 Å². The van der Waals surface area contributed by atoms with E-state index in [2.05, 4.69) is 10.3 Å². The van der Waals surface area contributed by atoms with Crippen LogP contribution < -0.4 is 10.8 Å². The first-order valence-electron chi connectivity index (χ1n) is 9.42. The number of nitrogens with zero attached hydrogens (tertiary/aromatic N) is 2. The van der Waals surface area contributed by atoms with Crippen LogP contribution in [0.15, 0.2) is 84.0 Å². The van der Waals surface area contributed by atoms with Gasteiger partial charge in [-0.3, -0.25) is 9.59 Å². The molecule has 1 N–H and O–H groups in total. The second-order valence-electron chi connectivity index (χ2n) is 6.54. The maximum atomic E-state index is 12.9. The van der Waals surface area contributed by atoms with Crippen molar-refractivity contribution in [3.05, 3.63) is 101 Å². The molecule has 0 saturated heterocycles. The third-order valence-corrected chi connectivity index (χ3v) is 4.31. The summed E-state index contributed by atoms with van der Waals surface area (Å²) in [7, 11) is 0. The monoisotopic (exact) mass is 391 g/mol. The number of carbonyl (C=O) groups is 2. The Labute approximate surface area is 168 Å². The van der Waals surface area contributed by atoms with E-state index in [1.165, 1.54) is 24.3 Å². The number of rotatable bonds is 7. The molecule has 0 spiro atoms. The van der Waals surface area contributed by atoms with Gasteiger partial charge in [-0.2, -0.15) is 4.99 Å². The molecule has 0 aliphatic heterocycles. The zero-order chi connectivity index (χ0) is 20.5. The van der Waals surface area contributed by atoms with Gasteiger partial charge in [-0.15, -0.1) is 0 Å². The molecule has 148 valence electrons. The van der Waals surface area contributed by atoms with E-state index in [1.54, 1.807) is 6.07 Å². The molecular formula is C23H22FN3O2. The van der Waals surface area contributed by atoms with Crippen LogP contribution in [0.25, 0.3) is 0 Å². The summed E-state index contributed by atoms with van der Waals surface area (Å²) < 4.78 is 14.8. The van der Waals surface area contributed by atoms with Crippen molar-refractivity contribution in [1.82, 2.24) is 9.88 Å². The SMILES string of the molecule is O=C(CCCNC(=O)c1ccc(F)cc1)N=c1ccccn1Cc1ccccc1. The van der Waals surface area contributed by atoms with E-state index in [4.69, 9.17) is 0 Å². The largest absolute Gasteiger partial charge is 0.352 e. The molecule has 0 fully saturated rings. The van der Waals surface area contributed by atoms with Gasteiger partial charge in [0.25, 0.3) is 5.91 Å². The van der Waals surface area contributed by atoms with Gasteiger partial charge in [-0.1, -0.05) is 36.4 Å². The number of benzene rings is 2. The Bertz CT molecular complexity index is 1030. The zero-order valence-electron chi connectivity index (χ0n) is 15.9. The highest BCUT2D eigenvalue weighted by atomic mass is 19.1. The summed E-state index contributed by atoms with van der Waals surface area (Å²) in [5.41, 5.74) is 2.10. The Hall–Kier alpha value is -3.54. The van der Waals surface area contributed by atoms with Crippen molar-refractivity contribution in [2.24, 2.45) is 4.99 Å². The average Bonchev–Trinajstić information content (AvgIpc) is 2.74. The first-order valence-corrected chi connectivity index (χ1v) is 9.42. The maximum absolute atomic E-state index is 12.9. The van der Waals surface area contributed by atoms with Gasteiger partial charge in [0.15, 0.2) is 0 Å². The van der Waals surface area contributed by atoms with Crippen molar-refractivity contribution in [2.45, 2.75) is 19.4 Å². The highest BCUT2D eigenvalue weighted by Gasteiger charge is 2.06. The van der Waals surface area contributed by atoms with Gasteiger partial charge >= 0.3 is 0 Å². The van der Waals surface area contributed by atoms with Gasteiger partial charge in [0.05, 0.1) is 0 Å². The van der Waals surface area contributed by atoms with Crippen molar-refractivity contribution in [3.63, 3.8) is 0 Å². The Balaban J connectivity index is 1.53. The molecule has 6 heteroatoms. The molecule has 0 unspecified atom stereocenters. The molecule has 29 heavy (non-hydrogen) atoms. The van der Waals surface area contributed by atoms with Crippen molar-refractivity contribution in [3.8, 4) is 0 Å². The maximum Gasteiger partial charge on any atom is 0.251 e. The normalized spacial score (nSPS) is 11.3. The predicted octanol–water partition coefficient (Wildman–Crippen LogP) is 3.31. The summed E-state index contributed by atoms with van der Waals surface area (Å²) >= 11 is 0. The molecule has 3 aromatic rings. The molecule has 0 atom stereocenters. The Morgan fingerprint density at radius 1 is 0.931 bits per heavy atom. The Kier molecular flexibility index (Phi) is 7.05. The van der Waals surface area contributed by atoms with Crippen LogP contribution in [0.5, 0.6) is 0 Å². The fourth-order valence-electron chi connectivity index (χ4n) is 2.81. The fraction of sp³-hybridized carbons (Fsp3) is 0.174. The zero-order valence-corrected chi connectivity index (χ0v) is 15.9. The van der Waals surface area contributed by atoms with E-state index in [1.807, 2.05) is 53.2 Å². The highest BCUT2D eigenvalue weighted by molar-refractivity contribution is 5.94. The van der Waals surface area contributed by atoms with Crippen molar-refractivity contribution < 1.29 is 14.0 Å². The number of nitrogens with one attached hydrogen (secondary N) is 1. The number of aromatic nitrogens is 1. The molecule has 0 aliphatic carbocycles. The molecule has 0 saturated carbocycles. The summed E-state index contributed by atoms with van der Waals surface area (Å²) in [6.07, 6.45) is 2.59. The van der Waals surface area contributed by atoms with Crippen LogP contribution in [-0.2, 0) is 11.3 Å². The molecule has 1 aromatic heterocycles. The van der Waals surface area contributed by atoms with Crippen molar-refractivity contribution in [1.29, 1.82) is 0 Å². The van der Waals surface area contributed by atoms with Crippen LogP contribution in [0.2, 0.25) is 0 Å². The lowest BCUT2D eigenvalue weighted by Crippen LogP contribution is -2.25. The van der Waals surface area contributed by atoms with Gasteiger partial charge < -0.3 is 9.88 Å². The standard InChI is InChI=1S/C23H22FN3O2/c24-20-13-11-19(12-14-20)23(29)25-15-6-10-22(28)26-21-9-4-5-16-27(21)17-18-7-2-1-3-8-18/h1-5,7-9,11-14,16H,6,10,15,17H2,(H,25,29). The summed E-state index contributed by atoms with van der Waals surface area (Å²) in [5.74, 6) is -0.925. The molecule has 2 aromatic carbocycles. The number of halogens is 1. The quantitative estimate of drug-likeness (QED) is 0.628. The summed E-state index contributed by atoms with van der Waals surface area (Å²) in [4.78, 5) is 28.4. The minimum Gasteiger partial charge on any atom is -0.352 e. The second kappa shape index (κ2) is 10.1. The third-order valence-electron chi connectivity index (χ3n) is 4.31. The average molecular weight is 391 g/mol. The molecule has 1 heterocycles. The molecule has 0 bridgehead atoms. The Morgan fingerprint density at radius 2 is 1.66 bits per heavy atom. The van der Waals surface area contributed by atoms with E-state index >= 15 is 0 Å². The van der Waals surface area contributed by atoms with Crippen LogP contribution in [0.3, 0.4) is 0 Å². The van der Waals surface area contributed by atoms with Crippen molar-refractivity contribution in [2.75, 3.05) is 6.54 Å². The van der Waals surface area contributed by atoms with Crippen LogP contribution >= 0.6 is 0 Å². The summed E-state index contributed by atoms with van der Waals surface area (Å²) in [5, 5.41) is 2.72. The topological polar surface area (TPSA) is 63.5 Å². The minimum atomic E-state index is -0.390. The number of carbonyl (C=O) groups excluding carboxylic acids is 2.